The van der Waals surface area contributed by atoms with Crippen molar-refractivity contribution in [2.75, 3.05) is 0 Å². The van der Waals surface area contributed by atoms with Gasteiger partial charge >= 0.3 is 5.97 Å². The third-order valence-corrected chi connectivity index (χ3v) is 3.53. The van der Waals surface area contributed by atoms with Gasteiger partial charge in [0.1, 0.15) is 11.5 Å². The Morgan fingerprint density at radius 3 is 2.47 bits per heavy atom. The molecule has 4 heteroatoms. The summed E-state index contributed by atoms with van der Waals surface area (Å²) in [7, 11) is 0. The van der Waals surface area contributed by atoms with Crippen LogP contribution in [0.5, 0.6) is 11.5 Å². The number of aromatic hydroxyl groups is 1. The van der Waals surface area contributed by atoms with Gasteiger partial charge in [-0.3, -0.25) is 0 Å². The Morgan fingerprint density at radius 2 is 1.88 bits per heavy atom. The quantitative estimate of drug-likeness (QED) is 0.783. The van der Waals surface area contributed by atoms with Gasteiger partial charge in [-0.15, -0.1) is 0 Å². The van der Waals surface area contributed by atoms with E-state index in [1.807, 2.05) is 20.8 Å². The van der Waals surface area contributed by atoms with Crippen molar-refractivity contribution in [3.05, 3.63) is 22.3 Å². The van der Waals surface area contributed by atoms with Crippen LogP contribution < -0.4 is 4.74 Å². The molecule has 2 N–H and O–H groups in total. The molecule has 1 aliphatic rings. The molecule has 1 atom stereocenters. The molecule has 0 aromatic heterocycles. The molecule has 0 aliphatic carbocycles. The van der Waals surface area contributed by atoms with Gasteiger partial charge < -0.3 is 14.9 Å². The van der Waals surface area contributed by atoms with Gasteiger partial charge in [0.2, 0.25) is 0 Å². The summed E-state index contributed by atoms with van der Waals surface area (Å²) in [5, 5.41) is 18.9. The summed E-state index contributed by atoms with van der Waals surface area (Å²) in [5.41, 5.74) is 3.32. The first-order valence-electron chi connectivity index (χ1n) is 5.64. The number of rotatable bonds is 1. The van der Waals surface area contributed by atoms with Crippen LogP contribution in [0.3, 0.4) is 0 Å². The zero-order chi connectivity index (χ0) is 12.7. The van der Waals surface area contributed by atoms with Crippen LogP contribution in [0.25, 0.3) is 0 Å². The maximum Gasteiger partial charge on any atom is 0.344 e. The average Bonchev–Trinajstić information content (AvgIpc) is 2.32. The summed E-state index contributed by atoms with van der Waals surface area (Å²) in [5.74, 6) is -0.00601. The molecule has 0 unspecified atom stereocenters. The average molecular weight is 236 g/mol. The second-order valence-corrected chi connectivity index (χ2v) is 4.51. The third-order valence-electron chi connectivity index (χ3n) is 3.53. The Morgan fingerprint density at radius 1 is 1.24 bits per heavy atom. The highest BCUT2D eigenvalue weighted by atomic mass is 16.5. The summed E-state index contributed by atoms with van der Waals surface area (Å²) >= 11 is 0. The van der Waals surface area contributed by atoms with Crippen molar-refractivity contribution in [1.82, 2.24) is 0 Å². The summed E-state index contributed by atoms with van der Waals surface area (Å²) in [6.45, 7) is 5.49. The van der Waals surface area contributed by atoms with E-state index in [2.05, 4.69) is 0 Å². The SMILES string of the molecule is Cc1c(C)c2c(c(C)c1O)CC[C@@H](C(=O)O)O2. The lowest BCUT2D eigenvalue weighted by Crippen LogP contribution is -2.31. The van der Waals surface area contributed by atoms with Crippen LogP contribution in [0.4, 0.5) is 0 Å². The molecular formula is C13H16O4. The van der Waals surface area contributed by atoms with Crippen LogP contribution in [0, 0.1) is 20.8 Å². The van der Waals surface area contributed by atoms with Crippen molar-refractivity contribution >= 4 is 5.97 Å². The van der Waals surface area contributed by atoms with Crippen LogP contribution in [0.2, 0.25) is 0 Å². The van der Waals surface area contributed by atoms with E-state index >= 15 is 0 Å². The molecule has 0 amide bonds. The molecule has 0 spiro atoms. The van der Waals surface area contributed by atoms with Crippen molar-refractivity contribution in [2.24, 2.45) is 0 Å². The lowest BCUT2D eigenvalue weighted by Gasteiger charge is -2.27. The number of phenols is 1. The molecular weight excluding hydrogens is 220 g/mol. The lowest BCUT2D eigenvalue weighted by atomic mass is 9.91. The van der Waals surface area contributed by atoms with Crippen LogP contribution in [-0.2, 0) is 11.2 Å². The van der Waals surface area contributed by atoms with Gasteiger partial charge in [-0.2, -0.15) is 0 Å². The van der Waals surface area contributed by atoms with Gasteiger partial charge in [0, 0.05) is 5.56 Å². The van der Waals surface area contributed by atoms with E-state index in [4.69, 9.17) is 9.84 Å². The molecule has 0 radical (unpaired) electrons. The fourth-order valence-electron chi connectivity index (χ4n) is 2.28. The molecule has 2 rings (SSSR count). The highest BCUT2D eigenvalue weighted by Gasteiger charge is 2.29. The number of carbonyl (C=O) groups is 1. The zero-order valence-corrected chi connectivity index (χ0v) is 10.2. The third kappa shape index (κ3) is 1.73. The normalized spacial score (nSPS) is 18.4. The molecule has 1 heterocycles. The number of hydrogen-bond acceptors (Lipinski definition) is 3. The van der Waals surface area contributed by atoms with E-state index in [1.165, 1.54) is 0 Å². The van der Waals surface area contributed by atoms with E-state index in [0.29, 0.717) is 24.3 Å². The van der Waals surface area contributed by atoms with Crippen LogP contribution >= 0.6 is 0 Å². The standard InChI is InChI=1S/C13H16O4/c1-6-7(2)12-9(8(3)11(6)14)4-5-10(17-12)13(15)16/h10,14H,4-5H2,1-3H3,(H,15,16)/t10-/m0/s1. The van der Waals surface area contributed by atoms with Gasteiger partial charge in [-0.1, -0.05) is 0 Å². The maximum absolute atomic E-state index is 10.9. The summed E-state index contributed by atoms with van der Waals surface area (Å²) in [6.07, 6.45) is 0.308. The van der Waals surface area contributed by atoms with Gasteiger partial charge in [-0.05, 0) is 50.3 Å². The molecule has 17 heavy (non-hydrogen) atoms. The second-order valence-electron chi connectivity index (χ2n) is 4.51. The van der Waals surface area contributed by atoms with Crippen molar-refractivity contribution < 1.29 is 19.7 Å². The highest BCUT2D eigenvalue weighted by molar-refractivity contribution is 5.74. The number of hydrogen-bond donors (Lipinski definition) is 2. The van der Waals surface area contributed by atoms with E-state index in [9.17, 15) is 9.90 Å². The van der Waals surface area contributed by atoms with Crippen molar-refractivity contribution in [3.8, 4) is 11.5 Å². The van der Waals surface area contributed by atoms with E-state index < -0.39 is 12.1 Å². The monoisotopic (exact) mass is 236 g/mol. The molecule has 0 bridgehead atoms. The predicted molar refractivity (Wildman–Crippen MR) is 62.7 cm³/mol. The van der Waals surface area contributed by atoms with Gasteiger partial charge in [-0.25, -0.2) is 4.79 Å². The molecule has 1 aromatic carbocycles. The molecule has 0 saturated heterocycles. The van der Waals surface area contributed by atoms with Gasteiger partial charge in [0.05, 0.1) is 0 Å². The lowest BCUT2D eigenvalue weighted by molar-refractivity contribution is -0.145. The molecule has 1 aromatic rings. The number of aliphatic carboxylic acids is 1. The minimum Gasteiger partial charge on any atom is -0.507 e. The van der Waals surface area contributed by atoms with Crippen molar-refractivity contribution in [1.29, 1.82) is 0 Å². The van der Waals surface area contributed by atoms with Crippen molar-refractivity contribution in [3.63, 3.8) is 0 Å². The van der Waals surface area contributed by atoms with Gasteiger partial charge in [0.25, 0.3) is 0 Å². The number of ether oxygens (including phenoxy) is 1. The second kappa shape index (κ2) is 3.95. The van der Waals surface area contributed by atoms with Gasteiger partial charge in [0.15, 0.2) is 6.10 Å². The minimum absolute atomic E-state index is 0.290. The molecule has 1 aliphatic heterocycles. The summed E-state index contributed by atoms with van der Waals surface area (Å²) in [6, 6.07) is 0. The fraction of sp³-hybridized carbons (Fsp3) is 0.462. The minimum atomic E-state index is -0.932. The zero-order valence-electron chi connectivity index (χ0n) is 10.2. The summed E-state index contributed by atoms with van der Waals surface area (Å²) in [4.78, 5) is 10.9. The van der Waals surface area contributed by atoms with Crippen LogP contribution in [0.1, 0.15) is 28.7 Å². The number of carboxylic acid groups (broad SMARTS) is 1. The Hall–Kier alpha value is -1.71. The highest BCUT2D eigenvalue weighted by Crippen LogP contribution is 2.40. The first-order valence-corrected chi connectivity index (χ1v) is 5.64. The molecule has 92 valence electrons. The number of carboxylic acids is 1. The Balaban J connectivity index is 2.55. The van der Waals surface area contributed by atoms with Crippen LogP contribution in [-0.4, -0.2) is 22.3 Å². The van der Waals surface area contributed by atoms with Crippen LogP contribution in [0.15, 0.2) is 0 Å². The molecule has 4 nitrogen and oxygen atoms in total. The number of fused-ring (bicyclic) bond motifs is 1. The maximum atomic E-state index is 10.9. The Labute approximate surface area is 99.8 Å². The predicted octanol–water partition coefficient (Wildman–Crippen LogP) is 2.10. The fourth-order valence-corrected chi connectivity index (χ4v) is 2.28. The van der Waals surface area contributed by atoms with E-state index in [-0.39, 0.29) is 0 Å². The topological polar surface area (TPSA) is 66.8 Å². The Bertz CT molecular complexity index is 491. The van der Waals surface area contributed by atoms with Crippen molar-refractivity contribution in [2.45, 2.75) is 39.7 Å². The summed E-state index contributed by atoms with van der Waals surface area (Å²) < 4.78 is 5.53. The van der Waals surface area contributed by atoms with E-state index in [1.54, 1.807) is 0 Å². The first kappa shape index (κ1) is 11.8. The number of phenolic OH excluding ortho intramolecular Hbond substituents is 1. The molecule has 0 saturated carbocycles. The largest absolute Gasteiger partial charge is 0.507 e. The molecule has 0 fully saturated rings. The van der Waals surface area contributed by atoms with E-state index in [0.717, 1.165) is 22.3 Å². The first-order chi connectivity index (χ1) is 7.93. The smallest absolute Gasteiger partial charge is 0.344 e. The number of benzene rings is 1. The Kier molecular flexibility index (Phi) is 2.73.